The number of hydrogen-bond donors (Lipinski definition) is 2. The summed E-state index contributed by atoms with van der Waals surface area (Å²) in [6.07, 6.45) is 0.315. The zero-order valence-corrected chi connectivity index (χ0v) is 11.3. The van der Waals surface area contributed by atoms with Crippen molar-refractivity contribution in [3.8, 4) is 0 Å². The zero-order valence-electron chi connectivity index (χ0n) is 11.3. The third-order valence-electron chi connectivity index (χ3n) is 3.34. The highest BCUT2D eigenvalue weighted by Gasteiger charge is 2.13. The Morgan fingerprint density at radius 3 is 2.00 bits per heavy atom. The lowest BCUT2D eigenvalue weighted by molar-refractivity contribution is 0.134. The molecule has 0 aromatic heterocycles. The molecule has 0 aliphatic heterocycles. The van der Waals surface area contributed by atoms with Gasteiger partial charge in [-0.05, 0) is 24.5 Å². The van der Waals surface area contributed by atoms with Gasteiger partial charge in [0, 0.05) is 12.6 Å². The van der Waals surface area contributed by atoms with E-state index < -0.39 is 0 Å². The van der Waals surface area contributed by atoms with E-state index >= 15 is 0 Å². The first-order chi connectivity index (χ1) is 9.25. The Bertz CT molecular complexity index is 469. The molecule has 2 aromatic rings. The van der Waals surface area contributed by atoms with Gasteiger partial charge < -0.3 is 10.4 Å². The van der Waals surface area contributed by atoms with Gasteiger partial charge in [0.25, 0.3) is 0 Å². The van der Waals surface area contributed by atoms with E-state index in [1.807, 2.05) is 55.5 Å². The van der Waals surface area contributed by atoms with Gasteiger partial charge in [-0.2, -0.15) is 0 Å². The molecule has 2 rings (SSSR count). The van der Waals surface area contributed by atoms with E-state index in [2.05, 4.69) is 17.4 Å². The molecule has 0 bridgehead atoms. The number of hydrogen-bond acceptors (Lipinski definition) is 2. The number of benzene rings is 2. The average molecular weight is 255 g/mol. The maximum absolute atomic E-state index is 10.2. The maximum atomic E-state index is 10.2. The topological polar surface area (TPSA) is 32.3 Å². The minimum atomic E-state index is -0.369. The number of aliphatic hydroxyl groups excluding tert-OH is 1. The lowest BCUT2D eigenvalue weighted by atomic mass is 10.0. The third-order valence-corrected chi connectivity index (χ3v) is 3.34. The molecule has 0 saturated heterocycles. The van der Waals surface area contributed by atoms with Crippen LogP contribution in [0.15, 0.2) is 60.7 Å². The molecule has 2 aromatic carbocycles. The Labute approximate surface area is 115 Å². The van der Waals surface area contributed by atoms with E-state index in [0.29, 0.717) is 6.42 Å². The molecule has 0 aliphatic carbocycles. The second kappa shape index (κ2) is 7.07. The molecular formula is C17H21NO. The molecule has 0 amide bonds. The van der Waals surface area contributed by atoms with Crippen molar-refractivity contribution in [3.05, 3.63) is 71.8 Å². The summed E-state index contributed by atoms with van der Waals surface area (Å²) >= 11 is 0. The van der Waals surface area contributed by atoms with E-state index in [9.17, 15) is 5.11 Å². The van der Waals surface area contributed by atoms with Gasteiger partial charge in [-0.25, -0.2) is 0 Å². The standard InChI is InChI=1S/C17H21NO/c1-14(18-13-16-10-6-3-7-11-16)17(19)12-15-8-4-2-5-9-15/h2-11,14,17-19H,12-13H2,1H3. The molecule has 0 radical (unpaired) electrons. The first-order valence-electron chi connectivity index (χ1n) is 6.75. The van der Waals surface area contributed by atoms with Crippen LogP contribution in [0.3, 0.4) is 0 Å². The van der Waals surface area contributed by atoms with Crippen LogP contribution in [-0.4, -0.2) is 17.3 Å². The Morgan fingerprint density at radius 1 is 0.895 bits per heavy atom. The molecule has 100 valence electrons. The van der Waals surface area contributed by atoms with Gasteiger partial charge >= 0.3 is 0 Å². The van der Waals surface area contributed by atoms with Crippen LogP contribution in [0.2, 0.25) is 0 Å². The predicted octanol–water partition coefficient (Wildman–Crippen LogP) is 2.77. The highest BCUT2D eigenvalue weighted by Crippen LogP contribution is 2.07. The van der Waals surface area contributed by atoms with Gasteiger partial charge in [0.15, 0.2) is 0 Å². The summed E-state index contributed by atoms with van der Waals surface area (Å²) in [5, 5.41) is 13.6. The first kappa shape index (κ1) is 13.8. The predicted molar refractivity (Wildman–Crippen MR) is 78.9 cm³/mol. The van der Waals surface area contributed by atoms with Crippen molar-refractivity contribution in [1.29, 1.82) is 0 Å². The summed E-state index contributed by atoms with van der Waals surface area (Å²) < 4.78 is 0. The highest BCUT2D eigenvalue weighted by atomic mass is 16.3. The van der Waals surface area contributed by atoms with Crippen molar-refractivity contribution >= 4 is 0 Å². The van der Waals surface area contributed by atoms with E-state index in [1.54, 1.807) is 0 Å². The Morgan fingerprint density at radius 2 is 1.42 bits per heavy atom. The van der Waals surface area contributed by atoms with Crippen molar-refractivity contribution in [2.45, 2.75) is 32.0 Å². The lowest BCUT2D eigenvalue weighted by Crippen LogP contribution is -2.38. The summed E-state index contributed by atoms with van der Waals surface area (Å²) in [6.45, 7) is 2.81. The molecule has 0 aliphatic rings. The van der Waals surface area contributed by atoms with E-state index in [1.165, 1.54) is 11.1 Å². The smallest absolute Gasteiger partial charge is 0.0730 e. The molecule has 2 nitrogen and oxygen atoms in total. The second-order valence-corrected chi connectivity index (χ2v) is 4.91. The average Bonchev–Trinajstić information content (AvgIpc) is 2.47. The third kappa shape index (κ3) is 4.51. The fraction of sp³-hybridized carbons (Fsp3) is 0.294. The summed E-state index contributed by atoms with van der Waals surface area (Å²) in [7, 11) is 0. The van der Waals surface area contributed by atoms with E-state index in [-0.39, 0.29) is 12.1 Å². The molecule has 2 N–H and O–H groups in total. The van der Waals surface area contributed by atoms with Crippen molar-refractivity contribution in [2.75, 3.05) is 0 Å². The number of rotatable bonds is 6. The molecule has 2 heteroatoms. The molecule has 2 atom stereocenters. The summed E-state index contributed by atoms with van der Waals surface area (Å²) in [5.74, 6) is 0. The van der Waals surface area contributed by atoms with Crippen LogP contribution in [0.4, 0.5) is 0 Å². The first-order valence-corrected chi connectivity index (χ1v) is 6.75. The fourth-order valence-corrected chi connectivity index (χ4v) is 2.04. The number of aliphatic hydroxyl groups is 1. The molecule has 0 spiro atoms. The molecule has 0 saturated carbocycles. The highest BCUT2D eigenvalue weighted by molar-refractivity contribution is 5.16. The fourth-order valence-electron chi connectivity index (χ4n) is 2.04. The van der Waals surface area contributed by atoms with Crippen molar-refractivity contribution < 1.29 is 5.11 Å². The summed E-state index contributed by atoms with van der Waals surface area (Å²) in [4.78, 5) is 0. The minimum Gasteiger partial charge on any atom is -0.391 e. The largest absolute Gasteiger partial charge is 0.391 e. The Hall–Kier alpha value is -1.64. The molecule has 0 fully saturated rings. The monoisotopic (exact) mass is 255 g/mol. The van der Waals surface area contributed by atoms with Crippen molar-refractivity contribution in [3.63, 3.8) is 0 Å². The number of nitrogens with one attached hydrogen (secondary N) is 1. The van der Waals surface area contributed by atoms with Crippen molar-refractivity contribution in [1.82, 2.24) is 5.32 Å². The Kier molecular flexibility index (Phi) is 5.13. The Balaban J connectivity index is 1.81. The van der Waals surface area contributed by atoms with E-state index in [4.69, 9.17) is 0 Å². The zero-order chi connectivity index (χ0) is 13.5. The lowest BCUT2D eigenvalue weighted by Gasteiger charge is -2.20. The molecular weight excluding hydrogens is 234 g/mol. The van der Waals surface area contributed by atoms with Crippen LogP contribution in [0.25, 0.3) is 0 Å². The van der Waals surface area contributed by atoms with Gasteiger partial charge in [-0.15, -0.1) is 0 Å². The van der Waals surface area contributed by atoms with Crippen LogP contribution < -0.4 is 5.32 Å². The van der Waals surface area contributed by atoms with Gasteiger partial charge in [-0.3, -0.25) is 0 Å². The second-order valence-electron chi connectivity index (χ2n) is 4.91. The van der Waals surface area contributed by atoms with Gasteiger partial charge in [0.1, 0.15) is 0 Å². The normalized spacial score (nSPS) is 14.0. The van der Waals surface area contributed by atoms with Crippen LogP contribution >= 0.6 is 0 Å². The van der Waals surface area contributed by atoms with Crippen LogP contribution in [0.5, 0.6) is 0 Å². The molecule has 19 heavy (non-hydrogen) atoms. The van der Waals surface area contributed by atoms with E-state index in [0.717, 1.165) is 6.54 Å². The van der Waals surface area contributed by atoms with Crippen LogP contribution in [-0.2, 0) is 13.0 Å². The van der Waals surface area contributed by atoms with Crippen molar-refractivity contribution in [2.24, 2.45) is 0 Å². The SMILES string of the molecule is CC(NCc1ccccc1)C(O)Cc1ccccc1. The van der Waals surface area contributed by atoms with Crippen LogP contribution in [0, 0.1) is 0 Å². The molecule has 2 unspecified atom stereocenters. The van der Waals surface area contributed by atoms with Gasteiger partial charge in [0.05, 0.1) is 6.10 Å². The van der Waals surface area contributed by atoms with Gasteiger partial charge in [0.2, 0.25) is 0 Å². The quantitative estimate of drug-likeness (QED) is 0.832. The van der Waals surface area contributed by atoms with Crippen LogP contribution in [0.1, 0.15) is 18.1 Å². The summed E-state index contributed by atoms with van der Waals surface area (Å²) in [6, 6.07) is 20.4. The summed E-state index contributed by atoms with van der Waals surface area (Å²) in [5.41, 5.74) is 2.41. The minimum absolute atomic E-state index is 0.0698. The maximum Gasteiger partial charge on any atom is 0.0730 e. The molecule has 0 heterocycles. The van der Waals surface area contributed by atoms with Gasteiger partial charge in [-0.1, -0.05) is 60.7 Å².